The highest BCUT2D eigenvalue weighted by Gasteiger charge is 2.29. The Balaban J connectivity index is 2.26. The molecule has 1 fully saturated rings. The molecule has 0 aromatic carbocycles. The van der Waals surface area contributed by atoms with Gasteiger partial charge in [0.25, 0.3) is 0 Å². The van der Waals surface area contributed by atoms with Crippen LogP contribution in [0.3, 0.4) is 0 Å². The van der Waals surface area contributed by atoms with E-state index in [0.29, 0.717) is 18.7 Å². The van der Waals surface area contributed by atoms with E-state index in [2.05, 4.69) is 10.9 Å². The summed E-state index contributed by atoms with van der Waals surface area (Å²) < 4.78 is 12.8. The average Bonchev–Trinajstić information content (AvgIpc) is 2.60. The van der Waals surface area contributed by atoms with Gasteiger partial charge in [-0.3, -0.25) is 4.79 Å². The molecule has 1 atom stereocenters. The summed E-state index contributed by atoms with van der Waals surface area (Å²) in [6.07, 6.45) is 6.92. The Morgan fingerprint density at radius 2 is 2.47 bits per heavy atom. The van der Waals surface area contributed by atoms with E-state index < -0.39 is 5.95 Å². The summed E-state index contributed by atoms with van der Waals surface area (Å²) in [6, 6.07) is 2.83. The van der Waals surface area contributed by atoms with E-state index in [0.717, 1.165) is 0 Å². The number of halogens is 1. The first-order valence-electron chi connectivity index (χ1n) is 4.59. The standard InChI is InChI=1S/C11H9FN2O/c1-2-8-5-11(15)14(7-8)9-3-4-13-10(12)6-9/h1,3-4,6,8H,5,7H2. The van der Waals surface area contributed by atoms with Gasteiger partial charge in [0, 0.05) is 36.8 Å². The minimum Gasteiger partial charge on any atom is -0.311 e. The molecule has 76 valence electrons. The first-order chi connectivity index (χ1) is 7.20. The number of anilines is 1. The van der Waals surface area contributed by atoms with Gasteiger partial charge in [0.15, 0.2) is 0 Å². The molecule has 1 aliphatic heterocycles. The maximum atomic E-state index is 12.8. The first-order valence-corrected chi connectivity index (χ1v) is 4.59. The maximum Gasteiger partial charge on any atom is 0.228 e. The Morgan fingerprint density at radius 3 is 3.07 bits per heavy atom. The summed E-state index contributed by atoms with van der Waals surface area (Å²) in [7, 11) is 0. The lowest BCUT2D eigenvalue weighted by molar-refractivity contribution is -0.117. The Kier molecular flexibility index (Phi) is 2.38. The molecule has 0 aliphatic carbocycles. The molecule has 0 bridgehead atoms. The largest absolute Gasteiger partial charge is 0.311 e. The van der Waals surface area contributed by atoms with Crippen LogP contribution in [0.25, 0.3) is 0 Å². The third-order valence-corrected chi connectivity index (χ3v) is 2.38. The predicted octanol–water partition coefficient (Wildman–Crippen LogP) is 1.21. The Morgan fingerprint density at radius 1 is 1.67 bits per heavy atom. The summed E-state index contributed by atoms with van der Waals surface area (Å²) in [5.41, 5.74) is 0.519. The van der Waals surface area contributed by atoms with Crippen molar-refractivity contribution < 1.29 is 9.18 Å². The lowest BCUT2D eigenvalue weighted by atomic mass is 10.1. The second-order valence-electron chi connectivity index (χ2n) is 3.41. The lowest BCUT2D eigenvalue weighted by Gasteiger charge is -2.15. The van der Waals surface area contributed by atoms with Crippen molar-refractivity contribution in [1.82, 2.24) is 4.98 Å². The number of carbonyl (C=O) groups is 1. The molecule has 3 nitrogen and oxygen atoms in total. The molecule has 2 rings (SSSR count). The van der Waals surface area contributed by atoms with Crippen LogP contribution in [0.5, 0.6) is 0 Å². The van der Waals surface area contributed by atoms with E-state index >= 15 is 0 Å². The third kappa shape index (κ3) is 1.82. The van der Waals surface area contributed by atoms with Crippen molar-refractivity contribution in [1.29, 1.82) is 0 Å². The molecule has 4 heteroatoms. The summed E-state index contributed by atoms with van der Waals surface area (Å²) in [5, 5.41) is 0. The second-order valence-corrected chi connectivity index (χ2v) is 3.41. The normalized spacial score (nSPS) is 20.4. The van der Waals surface area contributed by atoms with Gasteiger partial charge in [-0.05, 0) is 6.07 Å². The molecule has 1 aromatic heterocycles. The quantitative estimate of drug-likeness (QED) is 0.509. The van der Waals surface area contributed by atoms with Crippen molar-refractivity contribution in [2.45, 2.75) is 6.42 Å². The highest BCUT2D eigenvalue weighted by atomic mass is 19.1. The Bertz CT molecular complexity index is 438. The second kappa shape index (κ2) is 3.70. The fourth-order valence-corrected chi connectivity index (χ4v) is 1.63. The highest BCUT2D eigenvalue weighted by molar-refractivity contribution is 5.96. The molecule has 0 N–H and O–H groups in total. The number of hydrogen-bond acceptors (Lipinski definition) is 2. The predicted molar refractivity (Wildman–Crippen MR) is 53.5 cm³/mol. The molecule has 0 spiro atoms. The maximum absolute atomic E-state index is 12.8. The summed E-state index contributed by atoms with van der Waals surface area (Å²) in [4.78, 5) is 16.5. The zero-order chi connectivity index (χ0) is 10.8. The van der Waals surface area contributed by atoms with E-state index in [4.69, 9.17) is 6.42 Å². The number of pyridine rings is 1. The fraction of sp³-hybridized carbons (Fsp3) is 0.273. The molecule has 1 saturated heterocycles. The number of terminal acetylenes is 1. The number of aromatic nitrogens is 1. The van der Waals surface area contributed by atoms with Gasteiger partial charge in [-0.25, -0.2) is 4.98 Å². The number of amides is 1. The van der Waals surface area contributed by atoms with Crippen molar-refractivity contribution in [3.8, 4) is 12.3 Å². The van der Waals surface area contributed by atoms with E-state index in [1.807, 2.05) is 0 Å². The van der Waals surface area contributed by atoms with Crippen LogP contribution in [0.15, 0.2) is 18.3 Å². The van der Waals surface area contributed by atoms with Crippen LogP contribution >= 0.6 is 0 Å². The van der Waals surface area contributed by atoms with Crippen molar-refractivity contribution in [2.24, 2.45) is 5.92 Å². The van der Waals surface area contributed by atoms with E-state index in [-0.39, 0.29) is 11.8 Å². The van der Waals surface area contributed by atoms with E-state index in [1.54, 1.807) is 6.07 Å². The van der Waals surface area contributed by atoms with Crippen LogP contribution in [-0.2, 0) is 4.79 Å². The van der Waals surface area contributed by atoms with E-state index in [9.17, 15) is 9.18 Å². The van der Waals surface area contributed by atoms with Gasteiger partial charge in [0.05, 0.1) is 0 Å². The molecule has 0 saturated carbocycles. The zero-order valence-corrected chi connectivity index (χ0v) is 7.98. The Hall–Kier alpha value is -1.89. The van der Waals surface area contributed by atoms with Gasteiger partial charge in [0.2, 0.25) is 11.9 Å². The molecule has 1 aliphatic rings. The minimum absolute atomic E-state index is 0.0662. The molecule has 15 heavy (non-hydrogen) atoms. The molecular weight excluding hydrogens is 195 g/mol. The highest BCUT2D eigenvalue weighted by Crippen LogP contribution is 2.24. The number of carbonyl (C=O) groups excluding carboxylic acids is 1. The van der Waals surface area contributed by atoms with Crippen LogP contribution in [0.4, 0.5) is 10.1 Å². The van der Waals surface area contributed by atoms with Gasteiger partial charge in [-0.1, -0.05) is 0 Å². The van der Waals surface area contributed by atoms with E-state index in [1.165, 1.54) is 17.2 Å². The van der Waals surface area contributed by atoms with Crippen molar-refractivity contribution in [3.63, 3.8) is 0 Å². The van der Waals surface area contributed by atoms with Crippen LogP contribution in [0, 0.1) is 24.2 Å². The van der Waals surface area contributed by atoms with Gasteiger partial charge in [0.1, 0.15) is 0 Å². The SMILES string of the molecule is C#CC1CC(=O)N(c2ccnc(F)c2)C1. The summed E-state index contributed by atoms with van der Waals surface area (Å²) in [5.74, 6) is 1.80. The topological polar surface area (TPSA) is 33.2 Å². The van der Waals surface area contributed by atoms with Gasteiger partial charge in [-0.2, -0.15) is 4.39 Å². The average molecular weight is 204 g/mol. The van der Waals surface area contributed by atoms with Crippen molar-refractivity contribution >= 4 is 11.6 Å². The van der Waals surface area contributed by atoms with Gasteiger partial charge in [-0.15, -0.1) is 12.3 Å². The fourth-order valence-electron chi connectivity index (χ4n) is 1.63. The summed E-state index contributed by atoms with van der Waals surface area (Å²) in [6.45, 7) is 0.457. The molecule has 1 unspecified atom stereocenters. The molecular formula is C11H9FN2O. The molecule has 2 heterocycles. The molecule has 1 amide bonds. The van der Waals surface area contributed by atoms with Gasteiger partial charge >= 0.3 is 0 Å². The number of nitrogens with zero attached hydrogens (tertiary/aromatic N) is 2. The van der Waals surface area contributed by atoms with Gasteiger partial charge < -0.3 is 4.90 Å². The first kappa shape index (κ1) is 9.66. The number of rotatable bonds is 1. The van der Waals surface area contributed by atoms with Crippen LogP contribution < -0.4 is 4.90 Å². The monoisotopic (exact) mass is 204 g/mol. The molecule has 0 radical (unpaired) electrons. The lowest BCUT2D eigenvalue weighted by Crippen LogP contribution is -2.24. The minimum atomic E-state index is -0.593. The number of hydrogen-bond donors (Lipinski definition) is 0. The molecule has 1 aromatic rings. The summed E-state index contributed by atoms with van der Waals surface area (Å²) >= 11 is 0. The van der Waals surface area contributed by atoms with Crippen LogP contribution in [0.2, 0.25) is 0 Å². The smallest absolute Gasteiger partial charge is 0.228 e. The van der Waals surface area contributed by atoms with Crippen molar-refractivity contribution in [2.75, 3.05) is 11.4 Å². The van der Waals surface area contributed by atoms with Crippen molar-refractivity contribution in [3.05, 3.63) is 24.3 Å². The Labute approximate surface area is 86.9 Å². The third-order valence-electron chi connectivity index (χ3n) is 2.38. The van der Waals surface area contributed by atoms with Crippen LogP contribution in [0.1, 0.15) is 6.42 Å². The zero-order valence-electron chi connectivity index (χ0n) is 7.98. The van der Waals surface area contributed by atoms with Crippen LogP contribution in [-0.4, -0.2) is 17.4 Å².